The third-order valence-corrected chi connectivity index (χ3v) is 13.6. The normalized spacial score (nSPS) is 19.1. The van der Waals surface area contributed by atoms with Gasteiger partial charge in [0.05, 0.1) is 1.93 Å². The Bertz CT molecular complexity index is 2390. The largest absolute Gasteiger partial charge is 0.102 e. The predicted molar refractivity (Wildman–Crippen MR) is 218 cm³/mol. The van der Waals surface area contributed by atoms with E-state index in [0.29, 0.717) is 1.93 Å². The minimum absolute atomic E-state index is 0.0750. The van der Waals surface area contributed by atoms with Crippen molar-refractivity contribution in [2.24, 2.45) is 0 Å². The van der Waals surface area contributed by atoms with Gasteiger partial charge in [0.25, 0.3) is 0 Å². The highest BCUT2D eigenvalue weighted by atomic mass is 127. The van der Waals surface area contributed by atoms with Crippen molar-refractivity contribution in [2.45, 2.75) is 26.6 Å². The maximum absolute atomic E-state index is 4.32. The second-order valence-electron chi connectivity index (χ2n) is 13.4. The second kappa shape index (κ2) is 10.6. The van der Waals surface area contributed by atoms with Gasteiger partial charge in [0.15, 0.2) is 0 Å². The van der Waals surface area contributed by atoms with Crippen LogP contribution in [0.15, 0.2) is 146 Å². The molecule has 0 N–H and O–H groups in total. The molecule has 2 atom stereocenters. The SMILES string of the molecule is C=CC1(C)c2ccccc2-c2ccc(-c3c4ccccc4c(-c4ccc5c(c4)C(C)(C(I)I)c4ccccc4-5)c4ccccc34)cc21. The fraction of sp³-hybridized carbons (Fsp3) is 0.111. The molecule has 7 aromatic carbocycles. The summed E-state index contributed by atoms with van der Waals surface area (Å²) in [4.78, 5) is 0. The highest BCUT2D eigenvalue weighted by Gasteiger charge is 2.43. The summed E-state index contributed by atoms with van der Waals surface area (Å²) >= 11 is 5.24. The first-order valence-corrected chi connectivity index (χ1v) is 18.7. The van der Waals surface area contributed by atoms with E-state index in [1.165, 1.54) is 88.3 Å². The van der Waals surface area contributed by atoms with Crippen LogP contribution in [-0.4, -0.2) is 1.93 Å². The molecule has 0 saturated heterocycles. The molecule has 2 aliphatic rings. The molecule has 2 unspecified atom stereocenters. The molecule has 0 bridgehead atoms. The van der Waals surface area contributed by atoms with Crippen LogP contribution in [0.3, 0.4) is 0 Å². The van der Waals surface area contributed by atoms with E-state index in [1.807, 2.05) is 0 Å². The first-order valence-electron chi connectivity index (χ1n) is 16.2. The Labute approximate surface area is 303 Å². The molecule has 0 fully saturated rings. The molecule has 0 radical (unpaired) electrons. The molecule has 47 heavy (non-hydrogen) atoms. The molecule has 2 aliphatic carbocycles. The lowest BCUT2D eigenvalue weighted by atomic mass is 9.78. The van der Waals surface area contributed by atoms with Gasteiger partial charge in [-0.3, -0.25) is 0 Å². The third-order valence-electron chi connectivity index (χ3n) is 11.1. The van der Waals surface area contributed by atoms with E-state index in [9.17, 15) is 0 Å². The number of hydrogen-bond donors (Lipinski definition) is 0. The van der Waals surface area contributed by atoms with Crippen molar-refractivity contribution >= 4 is 66.7 Å². The van der Waals surface area contributed by atoms with Crippen molar-refractivity contribution in [3.8, 4) is 44.5 Å². The van der Waals surface area contributed by atoms with Crippen LogP contribution in [0, 0.1) is 0 Å². The highest BCUT2D eigenvalue weighted by Crippen LogP contribution is 2.56. The number of allylic oxidation sites excluding steroid dienone is 1. The minimum atomic E-state index is -0.239. The number of halogens is 2. The monoisotopic (exact) mass is 826 g/mol. The van der Waals surface area contributed by atoms with Crippen molar-refractivity contribution in [1.82, 2.24) is 0 Å². The summed E-state index contributed by atoms with van der Waals surface area (Å²) < 4.78 is 0.401. The lowest BCUT2D eigenvalue weighted by Crippen LogP contribution is -2.27. The standard InChI is InChI=1S/C45H32I2/c1-4-44(2)37-19-11-9-13-29(37)31-23-21-27(25-39(31)44)41-33-15-5-7-17-35(33)42(36-18-8-6-16-34(36)41)28-22-24-32-30-14-10-12-20-38(30)45(3,43(46)47)40(32)26-28/h4-26,43H,1H2,2-3H3. The van der Waals surface area contributed by atoms with Gasteiger partial charge < -0.3 is 0 Å². The van der Waals surface area contributed by atoms with Gasteiger partial charge in [-0.25, -0.2) is 0 Å². The van der Waals surface area contributed by atoms with Crippen LogP contribution in [0.1, 0.15) is 36.1 Å². The van der Waals surface area contributed by atoms with Crippen LogP contribution in [0.25, 0.3) is 66.1 Å². The van der Waals surface area contributed by atoms with E-state index in [4.69, 9.17) is 0 Å². The summed E-state index contributed by atoms with van der Waals surface area (Å²) in [7, 11) is 0. The van der Waals surface area contributed by atoms with Crippen molar-refractivity contribution in [1.29, 1.82) is 0 Å². The maximum Gasteiger partial charge on any atom is 0.0761 e. The van der Waals surface area contributed by atoms with Crippen LogP contribution in [0.2, 0.25) is 0 Å². The fourth-order valence-electron chi connectivity index (χ4n) is 8.57. The van der Waals surface area contributed by atoms with Gasteiger partial charge in [-0.1, -0.05) is 173 Å². The van der Waals surface area contributed by atoms with Crippen LogP contribution < -0.4 is 0 Å². The molecule has 0 aliphatic heterocycles. The molecule has 0 nitrogen and oxygen atoms in total. The van der Waals surface area contributed by atoms with Gasteiger partial charge in [-0.05, 0) is 114 Å². The number of benzene rings is 7. The number of alkyl halides is 2. The lowest BCUT2D eigenvalue weighted by Gasteiger charge is -2.30. The average molecular weight is 827 g/mol. The van der Waals surface area contributed by atoms with E-state index in [1.54, 1.807) is 0 Å². The molecule has 0 saturated carbocycles. The first-order chi connectivity index (χ1) is 22.9. The molecule has 9 rings (SSSR count). The molecular weight excluding hydrogens is 794 g/mol. The Hall–Kier alpha value is -3.74. The summed E-state index contributed by atoms with van der Waals surface area (Å²) in [5.74, 6) is 0. The zero-order valence-corrected chi connectivity index (χ0v) is 30.6. The minimum Gasteiger partial charge on any atom is -0.102 e. The molecule has 2 heteroatoms. The molecule has 0 spiro atoms. The summed E-state index contributed by atoms with van der Waals surface area (Å²) in [5.41, 5.74) is 15.7. The van der Waals surface area contributed by atoms with E-state index in [-0.39, 0.29) is 10.8 Å². The van der Waals surface area contributed by atoms with Gasteiger partial charge in [0, 0.05) is 10.8 Å². The Kier molecular flexibility index (Phi) is 6.65. The van der Waals surface area contributed by atoms with Crippen molar-refractivity contribution in [3.63, 3.8) is 0 Å². The molecule has 7 aromatic rings. The molecular formula is C45H32I2. The second-order valence-corrected chi connectivity index (χ2v) is 18.2. The van der Waals surface area contributed by atoms with Crippen molar-refractivity contribution in [2.75, 3.05) is 0 Å². The first kappa shape index (κ1) is 29.4. The maximum atomic E-state index is 4.32. The van der Waals surface area contributed by atoms with E-state index in [0.717, 1.165) is 0 Å². The van der Waals surface area contributed by atoms with Crippen LogP contribution in [-0.2, 0) is 10.8 Å². The van der Waals surface area contributed by atoms with E-state index in [2.05, 4.69) is 205 Å². The van der Waals surface area contributed by atoms with Gasteiger partial charge in [-0.15, -0.1) is 6.58 Å². The quantitative estimate of drug-likeness (QED) is 0.0718. The Morgan fingerprint density at radius 3 is 1.40 bits per heavy atom. The predicted octanol–water partition coefficient (Wildman–Crippen LogP) is 13.3. The number of rotatable bonds is 4. The van der Waals surface area contributed by atoms with Crippen molar-refractivity contribution < 1.29 is 0 Å². The smallest absolute Gasteiger partial charge is 0.0761 e. The topological polar surface area (TPSA) is 0 Å². The summed E-state index contributed by atoms with van der Waals surface area (Å²) in [6.07, 6.45) is 2.12. The van der Waals surface area contributed by atoms with Crippen LogP contribution in [0.5, 0.6) is 0 Å². The highest BCUT2D eigenvalue weighted by molar-refractivity contribution is 14.2. The number of hydrogen-bond acceptors (Lipinski definition) is 0. The van der Waals surface area contributed by atoms with Gasteiger partial charge in [0.1, 0.15) is 0 Å². The molecule has 0 aromatic heterocycles. The summed E-state index contributed by atoms with van der Waals surface area (Å²) in [6.45, 7) is 9.05. The van der Waals surface area contributed by atoms with Crippen LogP contribution >= 0.6 is 45.2 Å². The summed E-state index contributed by atoms with van der Waals surface area (Å²) in [5, 5.41) is 5.14. The zero-order chi connectivity index (χ0) is 32.1. The Morgan fingerprint density at radius 1 is 0.489 bits per heavy atom. The average Bonchev–Trinajstić information content (AvgIpc) is 3.53. The third kappa shape index (κ3) is 3.98. The molecule has 226 valence electrons. The fourth-order valence-corrected chi connectivity index (χ4v) is 9.91. The molecule has 0 amide bonds. The lowest BCUT2D eigenvalue weighted by molar-refractivity contribution is 0.672. The van der Waals surface area contributed by atoms with Gasteiger partial charge in [0.2, 0.25) is 0 Å². The van der Waals surface area contributed by atoms with Gasteiger partial charge >= 0.3 is 0 Å². The Morgan fingerprint density at radius 2 is 0.894 bits per heavy atom. The summed E-state index contributed by atoms with van der Waals surface area (Å²) in [6, 6.07) is 50.1. The number of fused-ring (bicyclic) bond motifs is 8. The van der Waals surface area contributed by atoms with E-state index >= 15 is 0 Å². The Balaban J connectivity index is 1.31. The van der Waals surface area contributed by atoms with Gasteiger partial charge in [-0.2, -0.15) is 0 Å². The van der Waals surface area contributed by atoms with Crippen LogP contribution in [0.4, 0.5) is 0 Å². The molecule has 0 heterocycles. The zero-order valence-electron chi connectivity index (χ0n) is 26.3. The van der Waals surface area contributed by atoms with Crippen molar-refractivity contribution in [3.05, 3.63) is 168 Å². The van der Waals surface area contributed by atoms with E-state index < -0.39 is 0 Å².